The zero-order chi connectivity index (χ0) is 14.4. The molecule has 4 heteroatoms. The largest absolute Gasteiger partial charge is 0.390 e. The molecular weight excluding hydrogens is 250 g/mol. The van der Waals surface area contributed by atoms with Crippen molar-refractivity contribution in [2.75, 3.05) is 45.8 Å². The summed E-state index contributed by atoms with van der Waals surface area (Å²) in [6, 6.07) is 0.718. The second kappa shape index (κ2) is 8.32. The number of β-amino-alcohol motifs (C(OH)–C–C–N with tert-alkyl or cyclic N) is 1. The Morgan fingerprint density at radius 1 is 1.15 bits per heavy atom. The number of aliphatic hydroxyl groups excluding tert-OH is 1. The average molecular weight is 283 g/mol. The molecule has 118 valence electrons. The summed E-state index contributed by atoms with van der Waals surface area (Å²) < 4.78 is 0. The first kappa shape index (κ1) is 16.2. The topological polar surface area (TPSA) is 38.7 Å². The highest BCUT2D eigenvalue weighted by molar-refractivity contribution is 4.81. The minimum Gasteiger partial charge on any atom is -0.390 e. The van der Waals surface area contributed by atoms with E-state index < -0.39 is 0 Å². The van der Waals surface area contributed by atoms with Gasteiger partial charge in [0.1, 0.15) is 0 Å². The first-order chi connectivity index (χ1) is 9.65. The monoisotopic (exact) mass is 283 g/mol. The molecule has 4 nitrogen and oxygen atoms in total. The molecule has 0 amide bonds. The second-order valence-electron chi connectivity index (χ2n) is 6.99. The van der Waals surface area contributed by atoms with E-state index in [-0.39, 0.29) is 6.10 Å². The summed E-state index contributed by atoms with van der Waals surface area (Å²) in [5.41, 5.74) is 0. The molecule has 1 saturated carbocycles. The summed E-state index contributed by atoms with van der Waals surface area (Å²) in [5.74, 6) is 0.682. The molecule has 0 aromatic heterocycles. The maximum atomic E-state index is 10.4. The quantitative estimate of drug-likeness (QED) is 0.735. The Bertz CT molecular complexity index is 260. The summed E-state index contributed by atoms with van der Waals surface area (Å²) in [4.78, 5) is 4.95. The van der Waals surface area contributed by atoms with Crippen LogP contribution in [-0.4, -0.2) is 72.9 Å². The van der Waals surface area contributed by atoms with Crippen LogP contribution in [0.5, 0.6) is 0 Å². The van der Waals surface area contributed by atoms with Crippen molar-refractivity contribution in [3.05, 3.63) is 0 Å². The van der Waals surface area contributed by atoms with Gasteiger partial charge in [-0.2, -0.15) is 0 Å². The van der Waals surface area contributed by atoms with Crippen molar-refractivity contribution >= 4 is 0 Å². The van der Waals surface area contributed by atoms with Crippen LogP contribution in [0.15, 0.2) is 0 Å². The lowest BCUT2D eigenvalue weighted by Crippen LogP contribution is -2.49. The lowest BCUT2D eigenvalue weighted by atomic mass is 10.1. The van der Waals surface area contributed by atoms with Crippen molar-refractivity contribution in [1.82, 2.24) is 15.1 Å². The van der Waals surface area contributed by atoms with Gasteiger partial charge < -0.3 is 10.4 Å². The van der Waals surface area contributed by atoms with Crippen molar-refractivity contribution in [1.29, 1.82) is 0 Å². The summed E-state index contributed by atoms with van der Waals surface area (Å²) in [7, 11) is 0. The van der Waals surface area contributed by atoms with Gasteiger partial charge in [0.25, 0.3) is 0 Å². The van der Waals surface area contributed by atoms with Crippen LogP contribution in [0, 0.1) is 5.92 Å². The molecule has 1 saturated heterocycles. The van der Waals surface area contributed by atoms with Crippen LogP contribution < -0.4 is 5.32 Å². The van der Waals surface area contributed by atoms with Gasteiger partial charge in [-0.1, -0.05) is 26.7 Å². The first-order valence-electron chi connectivity index (χ1n) is 8.50. The van der Waals surface area contributed by atoms with E-state index in [0.29, 0.717) is 5.92 Å². The fraction of sp³-hybridized carbons (Fsp3) is 1.00. The van der Waals surface area contributed by atoms with Gasteiger partial charge in [0.05, 0.1) is 6.10 Å². The Balaban J connectivity index is 1.79. The van der Waals surface area contributed by atoms with Crippen molar-refractivity contribution in [3.63, 3.8) is 0 Å². The van der Waals surface area contributed by atoms with Gasteiger partial charge >= 0.3 is 0 Å². The minimum atomic E-state index is -0.201. The van der Waals surface area contributed by atoms with E-state index in [0.717, 1.165) is 51.9 Å². The Labute approximate surface area is 124 Å². The molecule has 20 heavy (non-hydrogen) atoms. The summed E-state index contributed by atoms with van der Waals surface area (Å²) >= 11 is 0. The highest BCUT2D eigenvalue weighted by Crippen LogP contribution is 2.24. The van der Waals surface area contributed by atoms with Crippen LogP contribution in [-0.2, 0) is 0 Å². The zero-order valence-electron chi connectivity index (χ0n) is 13.4. The molecule has 2 N–H and O–H groups in total. The number of hydrogen-bond donors (Lipinski definition) is 2. The molecule has 0 aromatic rings. The molecule has 0 spiro atoms. The Kier molecular flexibility index (Phi) is 6.75. The molecule has 0 aromatic carbocycles. The van der Waals surface area contributed by atoms with Gasteiger partial charge in [-0.25, -0.2) is 0 Å². The van der Waals surface area contributed by atoms with Crippen molar-refractivity contribution in [2.45, 2.75) is 51.7 Å². The van der Waals surface area contributed by atoms with E-state index in [2.05, 4.69) is 29.0 Å². The van der Waals surface area contributed by atoms with E-state index in [1.54, 1.807) is 0 Å². The second-order valence-corrected chi connectivity index (χ2v) is 6.99. The van der Waals surface area contributed by atoms with Crippen LogP contribution in [0.4, 0.5) is 0 Å². The van der Waals surface area contributed by atoms with Crippen LogP contribution in [0.1, 0.15) is 39.5 Å². The lowest BCUT2D eigenvalue weighted by molar-refractivity contribution is 0.0497. The van der Waals surface area contributed by atoms with Crippen LogP contribution in [0.2, 0.25) is 0 Å². The standard InChI is InChI=1S/C16H33N3O/c1-14(2)11-19(15-5-3-4-6-15)13-16(20)12-18-9-7-17-8-10-18/h14-17,20H,3-13H2,1-2H3. The fourth-order valence-corrected chi connectivity index (χ4v) is 3.63. The molecule has 1 atom stereocenters. The fourth-order valence-electron chi connectivity index (χ4n) is 3.63. The minimum absolute atomic E-state index is 0.201. The Hall–Kier alpha value is -0.160. The van der Waals surface area contributed by atoms with Crippen LogP contribution >= 0.6 is 0 Å². The van der Waals surface area contributed by atoms with Gasteiger partial charge in [0.2, 0.25) is 0 Å². The van der Waals surface area contributed by atoms with Gasteiger partial charge in [-0.3, -0.25) is 9.80 Å². The first-order valence-corrected chi connectivity index (χ1v) is 8.50. The maximum absolute atomic E-state index is 10.4. The van der Waals surface area contributed by atoms with Gasteiger partial charge in [-0.05, 0) is 18.8 Å². The normalized spacial score (nSPS) is 23.9. The van der Waals surface area contributed by atoms with Gasteiger partial charge in [-0.15, -0.1) is 0 Å². The summed E-state index contributed by atoms with van der Waals surface area (Å²) in [6.45, 7) is 11.7. The van der Waals surface area contributed by atoms with E-state index in [9.17, 15) is 5.11 Å². The summed E-state index contributed by atoms with van der Waals surface area (Å²) in [6.07, 6.45) is 5.19. The molecule has 2 fully saturated rings. The molecule has 1 aliphatic heterocycles. The van der Waals surface area contributed by atoms with Gasteiger partial charge in [0.15, 0.2) is 0 Å². The number of nitrogens with zero attached hydrogens (tertiary/aromatic N) is 2. The molecule has 2 aliphatic rings. The number of piperazine rings is 1. The number of aliphatic hydroxyl groups is 1. The van der Waals surface area contributed by atoms with Crippen LogP contribution in [0.3, 0.4) is 0 Å². The molecule has 1 heterocycles. The van der Waals surface area contributed by atoms with E-state index in [4.69, 9.17) is 0 Å². The van der Waals surface area contributed by atoms with Crippen molar-refractivity contribution in [3.8, 4) is 0 Å². The predicted molar refractivity (Wildman–Crippen MR) is 84.0 cm³/mol. The van der Waals surface area contributed by atoms with E-state index in [1.165, 1.54) is 25.7 Å². The SMILES string of the molecule is CC(C)CN(CC(O)CN1CCNCC1)C1CCCC1. The highest BCUT2D eigenvalue weighted by Gasteiger charge is 2.25. The lowest BCUT2D eigenvalue weighted by Gasteiger charge is -2.34. The van der Waals surface area contributed by atoms with Crippen molar-refractivity contribution < 1.29 is 5.11 Å². The maximum Gasteiger partial charge on any atom is 0.0793 e. The average Bonchev–Trinajstić information content (AvgIpc) is 2.92. The smallest absolute Gasteiger partial charge is 0.0793 e. The van der Waals surface area contributed by atoms with E-state index >= 15 is 0 Å². The number of rotatable bonds is 7. The number of hydrogen-bond acceptors (Lipinski definition) is 4. The highest BCUT2D eigenvalue weighted by atomic mass is 16.3. The molecular formula is C16H33N3O. The predicted octanol–water partition coefficient (Wildman–Crippen LogP) is 1.15. The molecule has 0 radical (unpaired) electrons. The summed E-state index contributed by atoms with van der Waals surface area (Å²) in [5, 5.41) is 13.8. The van der Waals surface area contributed by atoms with Crippen LogP contribution in [0.25, 0.3) is 0 Å². The zero-order valence-corrected chi connectivity index (χ0v) is 13.4. The molecule has 0 bridgehead atoms. The van der Waals surface area contributed by atoms with E-state index in [1.807, 2.05) is 0 Å². The third-order valence-electron chi connectivity index (χ3n) is 4.56. The molecule has 1 aliphatic carbocycles. The third-order valence-corrected chi connectivity index (χ3v) is 4.56. The Morgan fingerprint density at radius 3 is 2.40 bits per heavy atom. The number of nitrogens with one attached hydrogen (secondary N) is 1. The van der Waals surface area contributed by atoms with Crippen molar-refractivity contribution in [2.24, 2.45) is 5.92 Å². The van der Waals surface area contributed by atoms with Gasteiger partial charge in [0, 0.05) is 51.9 Å². The molecule has 2 rings (SSSR count). The Morgan fingerprint density at radius 2 is 1.80 bits per heavy atom. The molecule has 1 unspecified atom stereocenters. The third kappa shape index (κ3) is 5.32.